The van der Waals surface area contributed by atoms with Gasteiger partial charge in [-0.1, -0.05) is 20.8 Å². The fraction of sp³-hybridized carbons (Fsp3) is 1.00. The van der Waals surface area contributed by atoms with Crippen LogP contribution in [0.1, 0.15) is 40.0 Å². The Labute approximate surface area is 76.7 Å². The van der Waals surface area contributed by atoms with E-state index in [1.165, 1.54) is 0 Å². The van der Waals surface area contributed by atoms with E-state index >= 15 is 0 Å². The van der Waals surface area contributed by atoms with Gasteiger partial charge in [0.05, 0.1) is 0 Å². The third kappa shape index (κ3) is 2.17. The SMILES string of the molecule is CCC(CC)(CC)C(O)(O)Br. The molecule has 0 saturated heterocycles. The van der Waals surface area contributed by atoms with Crippen LogP contribution in [-0.4, -0.2) is 14.9 Å². The maximum atomic E-state index is 9.40. The Morgan fingerprint density at radius 3 is 1.27 bits per heavy atom. The molecular weight excluding hydrogens is 208 g/mol. The highest BCUT2D eigenvalue weighted by Crippen LogP contribution is 2.43. The van der Waals surface area contributed by atoms with Gasteiger partial charge in [-0.2, -0.15) is 0 Å². The molecule has 0 aromatic carbocycles. The zero-order valence-electron chi connectivity index (χ0n) is 7.39. The van der Waals surface area contributed by atoms with E-state index in [0.29, 0.717) is 0 Å². The maximum absolute atomic E-state index is 9.40. The van der Waals surface area contributed by atoms with Crippen LogP contribution in [0.25, 0.3) is 0 Å². The van der Waals surface area contributed by atoms with Crippen LogP contribution in [0.2, 0.25) is 0 Å². The number of halogens is 1. The highest BCUT2D eigenvalue weighted by Gasteiger charge is 2.43. The van der Waals surface area contributed by atoms with Crippen molar-refractivity contribution in [3.8, 4) is 0 Å². The van der Waals surface area contributed by atoms with E-state index in [2.05, 4.69) is 15.9 Å². The summed E-state index contributed by atoms with van der Waals surface area (Å²) in [5.41, 5.74) is -0.410. The average Bonchev–Trinajstić information content (AvgIpc) is 1.90. The molecule has 0 heterocycles. The van der Waals surface area contributed by atoms with Crippen LogP contribution < -0.4 is 0 Å². The van der Waals surface area contributed by atoms with Crippen molar-refractivity contribution in [1.82, 2.24) is 0 Å². The second kappa shape index (κ2) is 3.87. The third-order valence-corrected chi connectivity index (χ3v) is 3.55. The highest BCUT2D eigenvalue weighted by atomic mass is 79.9. The molecule has 0 aromatic rings. The van der Waals surface area contributed by atoms with Crippen LogP contribution in [-0.2, 0) is 0 Å². The van der Waals surface area contributed by atoms with Gasteiger partial charge >= 0.3 is 0 Å². The normalized spacial score (nSPS) is 13.6. The summed E-state index contributed by atoms with van der Waals surface area (Å²) in [6.07, 6.45) is 2.29. The first kappa shape index (κ1) is 11.4. The Bertz CT molecular complexity index is 105. The van der Waals surface area contributed by atoms with Gasteiger partial charge in [0.2, 0.25) is 4.70 Å². The highest BCUT2D eigenvalue weighted by molar-refractivity contribution is 9.09. The second-order valence-electron chi connectivity index (χ2n) is 2.93. The van der Waals surface area contributed by atoms with Crippen LogP contribution in [0, 0.1) is 5.41 Å². The minimum Gasteiger partial charge on any atom is -0.357 e. The first-order chi connectivity index (χ1) is 4.93. The lowest BCUT2D eigenvalue weighted by Gasteiger charge is -2.38. The largest absolute Gasteiger partial charge is 0.357 e. The summed E-state index contributed by atoms with van der Waals surface area (Å²) in [6.45, 7) is 5.90. The van der Waals surface area contributed by atoms with Crippen LogP contribution >= 0.6 is 15.9 Å². The van der Waals surface area contributed by atoms with Crippen molar-refractivity contribution in [2.24, 2.45) is 5.41 Å². The van der Waals surface area contributed by atoms with E-state index in [1.807, 2.05) is 20.8 Å². The molecule has 68 valence electrons. The summed E-state index contributed by atoms with van der Waals surface area (Å²) >= 11 is 2.89. The molecule has 0 aliphatic carbocycles. The molecule has 2 nitrogen and oxygen atoms in total. The van der Waals surface area contributed by atoms with Crippen LogP contribution in [0.15, 0.2) is 0 Å². The first-order valence-corrected chi connectivity index (χ1v) is 4.86. The summed E-state index contributed by atoms with van der Waals surface area (Å²) < 4.78 is -1.72. The zero-order chi connectivity index (χ0) is 9.12. The standard InChI is InChI=1S/C8H17BrO2/c1-4-7(5-2,6-3)8(9,10)11/h10-11H,4-6H2,1-3H3. The average molecular weight is 225 g/mol. The van der Waals surface area contributed by atoms with Crippen LogP contribution in [0.5, 0.6) is 0 Å². The number of rotatable bonds is 4. The Morgan fingerprint density at radius 2 is 1.27 bits per heavy atom. The third-order valence-electron chi connectivity index (χ3n) is 2.71. The van der Waals surface area contributed by atoms with Crippen LogP contribution in [0.4, 0.5) is 0 Å². The maximum Gasteiger partial charge on any atom is 0.227 e. The molecule has 0 aliphatic heterocycles. The lowest BCUT2D eigenvalue weighted by Crippen LogP contribution is -2.42. The van der Waals surface area contributed by atoms with E-state index in [-0.39, 0.29) is 0 Å². The van der Waals surface area contributed by atoms with E-state index in [4.69, 9.17) is 0 Å². The molecule has 0 amide bonds. The predicted molar refractivity (Wildman–Crippen MR) is 49.4 cm³/mol. The topological polar surface area (TPSA) is 40.5 Å². The van der Waals surface area contributed by atoms with Gasteiger partial charge < -0.3 is 10.2 Å². The Kier molecular flexibility index (Phi) is 4.02. The molecule has 0 fully saturated rings. The lowest BCUT2D eigenvalue weighted by atomic mass is 9.79. The van der Waals surface area contributed by atoms with E-state index in [1.54, 1.807) is 0 Å². The van der Waals surface area contributed by atoms with Gasteiger partial charge in [0, 0.05) is 5.41 Å². The van der Waals surface area contributed by atoms with Gasteiger partial charge in [0.15, 0.2) is 0 Å². The number of hydrogen-bond acceptors (Lipinski definition) is 2. The van der Waals surface area contributed by atoms with Crippen molar-refractivity contribution in [2.75, 3.05) is 0 Å². The van der Waals surface area contributed by atoms with Crippen molar-refractivity contribution in [3.63, 3.8) is 0 Å². The van der Waals surface area contributed by atoms with Gasteiger partial charge in [-0.15, -0.1) is 0 Å². The van der Waals surface area contributed by atoms with Gasteiger partial charge in [0.25, 0.3) is 0 Å². The molecule has 0 bridgehead atoms. The Morgan fingerprint density at radius 1 is 1.00 bits per heavy atom. The molecule has 0 aromatic heterocycles. The fourth-order valence-electron chi connectivity index (χ4n) is 1.42. The molecule has 0 rings (SSSR count). The molecule has 3 heteroatoms. The smallest absolute Gasteiger partial charge is 0.227 e. The van der Waals surface area contributed by atoms with E-state index in [9.17, 15) is 10.2 Å². The van der Waals surface area contributed by atoms with Gasteiger partial charge in [-0.3, -0.25) is 0 Å². The number of hydrogen-bond donors (Lipinski definition) is 2. The molecule has 0 radical (unpaired) electrons. The molecular formula is C8H17BrO2. The summed E-state index contributed by atoms with van der Waals surface area (Å²) in [5, 5.41) is 18.8. The summed E-state index contributed by atoms with van der Waals surface area (Å²) in [5.74, 6) is 0. The molecule has 2 N–H and O–H groups in total. The molecule has 0 saturated carbocycles. The number of aliphatic hydroxyl groups is 2. The second-order valence-corrected chi connectivity index (χ2v) is 4.03. The van der Waals surface area contributed by atoms with Gasteiger partial charge in [0.1, 0.15) is 0 Å². The molecule has 0 atom stereocenters. The number of alkyl halides is 1. The Balaban J connectivity index is 4.54. The molecule has 0 unspecified atom stereocenters. The quantitative estimate of drug-likeness (QED) is 0.569. The van der Waals surface area contributed by atoms with Crippen molar-refractivity contribution in [3.05, 3.63) is 0 Å². The predicted octanol–water partition coefficient (Wildman–Crippen LogP) is 2.24. The minimum atomic E-state index is -1.72. The van der Waals surface area contributed by atoms with Crippen molar-refractivity contribution in [1.29, 1.82) is 0 Å². The minimum absolute atomic E-state index is 0.410. The monoisotopic (exact) mass is 224 g/mol. The summed E-state index contributed by atoms with van der Waals surface area (Å²) in [4.78, 5) is 0. The van der Waals surface area contributed by atoms with E-state index in [0.717, 1.165) is 19.3 Å². The molecule has 0 aliphatic rings. The molecule has 0 spiro atoms. The first-order valence-electron chi connectivity index (χ1n) is 4.07. The fourth-order valence-corrected chi connectivity index (χ4v) is 2.27. The summed E-state index contributed by atoms with van der Waals surface area (Å²) in [6, 6.07) is 0. The lowest BCUT2D eigenvalue weighted by molar-refractivity contribution is -0.167. The van der Waals surface area contributed by atoms with Crippen molar-refractivity contribution < 1.29 is 10.2 Å². The van der Waals surface area contributed by atoms with Crippen LogP contribution in [0.3, 0.4) is 0 Å². The van der Waals surface area contributed by atoms with E-state index < -0.39 is 10.1 Å². The van der Waals surface area contributed by atoms with Gasteiger partial charge in [-0.05, 0) is 35.2 Å². The summed E-state index contributed by atoms with van der Waals surface area (Å²) in [7, 11) is 0. The van der Waals surface area contributed by atoms with Crippen molar-refractivity contribution in [2.45, 2.75) is 44.7 Å². The van der Waals surface area contributed by atoms with Gasteiger partial charge in [-0.25, -0.2) is 0 Å². The van der Waals surface area contributed by atoms with Crippen molar-refractivity contribution >= 4 is 15.9 Å². The Hall–Kier alpha value is 0.400. The zero-order valence-corrected chi connectivity index (χ0v) is 8.98. The molecule has 11 heavy (non-hydrogen) atoms.